The first-order valence-corrected chi connectivity index (χ1v) is 7.52. The molecule has 0 saturated carbocycles. The maximum Gasteiger partial charge on any atom is 0.225 e. The average molecular weight is 288 g/mol. The van der Waals surface area contributed by atoms with Crippen molar-refractivity contribution in [2.45, 2.75) is 45.7 Å². The van der Waals surface area contributed by atoms with Gasteiger partial charge in [0, 0.05) is 19.5 Å². The van der Waals surface area contributed by atoms with Crippen molar-refractivity contribution in [1.82, 2.24) is 10.2 Å². The van der Waals surface area contributed by atoms with Crippen LogP contribution in [0.4, 0.5) is 0 Å². The number of nitrogens with zero attached hydrogens (tertiary/aromatic N) is 1. The molecule has 1 saturated heterocycles. The van der Waals surface area contributed by atoms with E-state index in [1.165, 1.54) is 5.56 Å². The fourth-order valence-electron chi connectivity index (χ4n) is 2.92. The zero-order chi connectivity index (χ0) is 15.6. The Morgan fingerprint density at radius 1 is 1.29 bits per heavy atom. The lowest BCUT2D eigenvalue weighted by atomic mass is 9.83. The molecule has 0 aliphatic carbocycles. The smallest absolute Gasteiger partial charge is 0.225 e. The first kappa shape index (κ1) is 15.5. The van der Waals surface area contributed by atoms with Crippen molar-refractivity contribution < 1.29 is 9.59 Å². The van der Waals surface area contributed by atoms with Crippen LogP contribution in [-0.2, 0) is 9.59 Å². The Morgan fingerprint density at radius 3 is 2.48 bits per heavy atom. The maximum atomic E-state index is 12.5. The van der Waals surface area contributed by atoms with Crippen LogP contribution in [0, 0.1) is 12.8 Å². The minimum Gasteiger partial charge on any atom is -0.354 e. The van der Waals surface area contributed by atoms with E-state index in [0.717, 1.165) is 5.56 Å². The van der Waals surface area contributed by atoms with Crippen LogP contribution in [0.2, 0.25) is 0 Å². The summed E-state index contributed by atoms with van der Waals surface area (Å²) in [6.45, 7) is 5.94. The molecule has 0 radical (unpaired) electrons. The minimum absolute atomic E-state index is 0.0370. The summed E-state index contributed by atoms with van der Waals surface area (Å²) in [6.07, 6.45) is 1.05. The molecule has 1 aliphatic heterocycles. The molecule has 0 bridgehead atoms. The standard InChI is InChI=1S/C17H24N2O2/c1-11(2)18-17(21)14-9-10-15(20)19(4)16(14)13-7-5-12(3)6-8-13/h5-8,11,14,16H,9-10H2,1-4H3,(H,18,21)/t14-,16-/m1/s1. The number of nitrogens with one attached hydrogen (secondary N) is 1. The predicted octanol–water partition coefficient (Wildman–Crippen LogP) is 2.43. The van der Waals surface area contributed by atoms with E-state index < -0.39 is 0 Å². The molecule has 1 heterocycles. The number of hydrogen-bond acceptors (Lipinski definition) is 2. The number of piperidine rings is 1. The van der Waals surface area contributed by atoms with Gasteiger partial charge in [-0.05, 0) is 32.8 Å². The lowest BCUT2D eigenvalue weighted by molar-refractivity contribution is -0.141. The zero-order valence-electron chi connectivity index (χ0n) is 13.2. The monoisotopic (exact) mass is 288 g/mol. The quantitative estimate of drug-likeness (QED) is 0.928. The number of hydrogen-bond donors (Lipinski definition) is 1. The highest BCUT2D eigenvalue weighted by atomic mass is 16.2. The molecule has 2 rings (SSSR count). The molecular weight excluding hydrogens is 264 g/mol. The van der Waals surface area contributed by atoms with Crippen LogP contribution in [0.15, 0.2) is 24.3 Å². The summed E-state index contributed by atoms with van der Waals surface area (Å²) in [7, 11) is 1.79. The number of carbonyl (C=O) groups excluding carboxylic acids is 2. The molecule has 1 aromatic carbocycles. The summed E-state index contributed by atoms with van der Waals surface area (Å²) >= 11 is 0. The van der Waals surface area contributed by atoms with Gasteiger partial charge in [0.1, 0.15) is 0 Å². The summed E-state index contributed by atoms with van der Waals surface area (Å²) in [5.41, 5.74) is 2.20. The van der Waals surface area contributed by atoms with Gasteiger partial charge < -0.3 is 10.2 Å². The molecular formula is C17H24N2O2. The second kappa shape index (κ2) is 6.29. The van der Waals surface area contributed by atoms with Gasteiger partial charge in [-0.15, -0.1) is 0 Å². The van der Waals surface area contributed by atoms with Gasteiger partial charge in [-0.1, -0.05) is 29.8 Å². The summed E-state index contributed by atoms with van der Waals surface area (Å²) in [6, 6.07) is 8.03. The third kappa shape index (κ3) is 3.43. The summed E-state index contributed by atoms with van der Waals surface area (Å²) < 4.78 is 0. The molecule has 21 heavy (non-hydrogen) atoms. The van der Waals surface area contributed by atoms with Crippen molar-refractivity contribution in [2.24, 2.45) is 5.92 Å². The second-order valence-corrected chi connectivity index (χ2v) is 6.17. The Morgan fingerprint density at radius 2 is 1.90 bits per heavy atom. The van der Waals surface area contributed by atoms with Gasteiger partial charge in [-0.3, -0.25) is 9.59 Å². The molecule has 4 heteroatoms. The largest absolute Gasteiger partial charge is 0.354 e. The number of aryl methyl sites for hydroxylation is 1. The molecule has 1 N–H and O–H groups in total. The Kier molecular flexibility index (Phi) is 4.66. The number of carbonyl (C=O) groups is 2. The fraction of sp³-hybridized carbons (Fsp3) is 0.529. The van der Waals surface area contributed by atoms with Crippen LogP contribution in [0.25, 0.3) is 0 Å². The molecule has 0 aromatic heterocycles. The van der Waals surface area contributed by atoms with E-state index in [9.17, 15) is 9.59 Å². The van der Waals surface area contributed by atoms with Crippen molar-refractivity contribution in [1.29, 1.82) is 0 Å². The van der Waals surface area contributed by atoms with Gasteiger partial charge in [0.15, 0.2) is 0 Å². The second-order valence-electron chi connectivity index (χ2n) is 6.17. The molecule has 2 atom stereocenters. The van der Waals surface area contributed by atoms with Crippen LogP contribution in [0.3, 0.4) is 0 Å². The highest BCUT2D eigenvalue weighted by Gasteiger charge is 2.38. The van der Waals surface area contributed by atoms with Crippen LogP contribution in [0.1, 0.15) is 43.9 Å². The molecule has 4 nitrogen and oxygen atoms in total. The Bertz CT molecular complexity index is 522. The summed E-state index contributed by atoms with van der Waals surface area (Å²) in [5.74, 6) is -0.0399. The van der Waals surface area contributed by atoms with Gasteiger partial charge in [-0.25, -0.2) is 0 Å². The van der Waals surface area contributed by atoms with Gasteiger partial charge in [0.05, 0.1) is 12.0 Å². The normalized spacial score (nSPS) is 22.5. The number of amides is 2. The summed E-state index contributed by atoms with van der Waals surface area (Å²) in [4.78, 5) is 26.2. The molecule has 1 fully saturated rings. The maximum absolute atomic E-state index is 12.5. The number of rotatable bonds is 3. The zero-order valence-corrected chi connectivity index (χ0v) is 13.2. The highest BCUT2D eigenvalue weighted by Crippen LogP contribution is 2.36. The average Bonchev–Trinajstić information content (AvgIpc) is 2.42. The van der Waals surface area contributed by atoms with E-state index >= 15 is 0 Å². The van der Waals surface area contributed by atoms with Crippen LogP contribution < -0.4 is 5.32 Å². The topological polar surface area (TPSA) is 49.4 Å². The Hall–Kier alpha value is -1.84. The van der Waals surface area contributed by atoms with Gasteiger partial charge in [-0.2, -0.15) is 0 Å². The van der Waals surface area contributed by atoms with E-state index in [1.54, 1.807) is 11.9 Å². The molecule has 0 unspecified atom stereocenters. The lowest BCUT2D eigenvalue weighted by Gasteiger charge is -2.38. The van der Waals surface area contributed by atoms with E-state index in [1.807, 2.05) is 45.0 Å². The lowest BCUT2D eigenvalue weighted by Crippen LogP contribution is -2.47. The number of likely N-dealkylation sites (tertiary alicyclic amines) is 1. The third-order valence-corrected chi connectivity index (χ3v) is 4.05. The summed E-state index contributed by atoms with van der Waals surface area (Å²) in [5, 5.41) is 2.98. The van der Waals surface area contributed by atoms with Crippen LogP contribution in [-0.4, -0.2) is 29.8 Å². The third-order valence-electron chi connectivity index (χ3n) is 4.05. The van der Waals surface area contributed by atoms with Crippen LogP contribution >= 0.6 is 0 Å². The van der Waals surface area contributed by atoms with Crippen molar-refractivity contribution >= 4 is 11.8 Å². The SMILES string of the molecule is Cc1ccc([C@@H]2[C@H](C(=O)NC(C)C)CCC(=O)N2C)cc1. The molecule has 1 aliphatic rings. The predicted molar refractivity (Wildman–Crippen MR) is 82.7 cm³/mol. The molecule has 1 aromatic rings. The Balaban J connectivity index is 2.31. The van der Waals surface area contributed by atoms with Crippen molar-refractivity contribution in [3.63, 3.8) is 0 Å². The van der Waals surface area contributed by atoms with Gasteiger partial charge in [0.25, 0.3) is 0 Å². The van der Waals surface area contributed by atoms with E-state index in [0.29, 0.717) is 12.8 Å². The van der Waals surface area contributed by atoms with E-state index in [4.69, 9.17) is 0 Å². The van der Waals surface area contributed by atoms with Crippen molar-refractivity contribution in [3.8, 4) is 0 Å². The molecule has 0 spiro atoms. The van der Waals surface area contributed by atoms with Gasteiger partial charge >= 0.3 is 0 Å². The Labute approximate surface area is 126 Å². The highest BCUT2D eigenvalue weighted by molar-refractivity contribution is 5.85. The number of benzene rings is 1. The van der Waals surface area contributed by atoms with Gasteiger partial charge in [0.2, 0.25) is 11.8 Å². The van der Waals surface area contributed by atoms with E-state index in [-0.39, 0.29) is 29.8 Å². The molecule has 114 valence electrons. The first-order chi connectivity index (χ1) is 9.90. The van der Waals surface area contributed by atoms with Crippen LogP contribution in [0.5, 0.6) is 0 Å². The fourth-order valence-corrected chi connectivity index (χ4v) is 2.92. The van der Waals surface area contributed by atoms with Crippen molar-refractivity contribution in [2.75, 3.05) is 7.05 Å². The van der Waals surface area contributed by atoms with E-state index in [2.05, 4.69) is 5.32 Å². The minimum atomic E-state index is -0.183. The molecule has 2 amide bonds. The first-order valence-electron chi connectivity index (χ1n) is 7.52. The van der Waals surface area contributed by atoms with Crippen molar-refractivity contribution in [3.05, 3.63) is 35.4 Å².